The number of benzene rings is 2. The molecule has 6 heteroatoms. The molecule has 0 spiro atoms. The summed E-state index contributed by atoms with van der Waals surface area (Å²) in [7, 11) is 0. The van der Waals surface area contributed by atoms with Crippen molar-refractivity contribution in [1.29, 1.82) is 0 Å². The van der Waals surface area contributed by atoms with E-state index in [4.69, 9.17) is 9.47 Å². The number of piperazine rings is 1. The van der Waals surface area contributed by atoms with Crippen LogP contribution in [0.2, 0.25) is 0 Å². The second kappa shape index (κ2) is 9.49. The number of amides is 1. The molecule has 1 amide bonds. The molecule has 2 aromatic rings. The third kappa shape index (κ3) is 4.94. The molecule has 4 rings (SSSR count). The van der Waals surface area contributed by atoms with Crippen LogP contribution in [0.25, 0.3) is 0 Å². The summed E-state index contributed by atoms with van der Waals surface area (Å²) in [6, 6.07) is 14.6. The Morgan fingerprint density at radius 1 is 1.00 bits per heavy atom. The summed E-state index contributed by atoms with van der Waals surface area (Å²) in [5.41, 5.74) is 3.89. The van der Waals surface area contributed by atoms with E-state index in [0.717, 1.165) is 49.8 Å². The van der Waals surface area contributed by atoms with E-state index in [9.17, 15) is 4.79 Å². The normalized spacial score (nSPS) is 20.2. The molecule has 2 aliphatic rings. The Kier molecular flexibility index (Phi) is 6.55. The molecule has 0 unspecified atom stereocenters. The van der Waals surface area contributed by atoms with Gasteiger partial charge in [-0.15, -0.1) is 0 Å². The zero-order chi connectivity index (χ0) is 20.9. The van der Waals surface area contributed by atoms with Crippen LogP contribution < -0.4 is 19.3 Å². The first-order chi connectivity index (χ1) is 14.6. The number of fused-ring (bicyclic) bond motifs is 1. The Bertz CT molecular complexity index is 878. The van der Waals surface area contributed by atoms with Gasteiger partial charge < -0.3 is 24.2 Å². The molecule has 1 saturated heterocycles. The maximum atomic E-state index is 12.9. The lowest BCUT2D eigenvalue weighted by Gasteiger charge is -2.31. The largest absolute Gasteiger partial charge is 0.454 e. The quantitative estimate of drug-likeness (QED) is 0.677. The highest BCUT2D eigenvalue weighted by Gasteiger charge is 2.27. The molecule has 6 nitrogen and oxygen atoms in total. The zero-order valence-corrected chi connectivity index (χ0v) is 18.1. The van der Waals surface area contributed by atoms with Gasteiger partial charge >= 0.3 is 0 Å². The van der Waals surface area contributed by atoms with Gasteiger partial charge in [0.25, 0.3) is 5.91 Å². The molecule has 2 heterocycles. The molecule has 0 radical (unpaired) electrons. The third-order valence-electron chi connectivity index (χ3n) is 6.31. The van der Waals surface area contributed by atoms with Gasteiger partial charge in [-0.05, 0) is 37.1 Å². The van der Waals surface area contributed by atoms with E-state index in [2.05, 4.69) is 31.2 Å². The second-order valence-electron chi connectivity index (χ2n) is 8.38. The first-order valence-electron chi connectivity index (χ1n) is 11.0. The predicted octanol–water partition coefficient (Wildman–Crippen LogP) is 0.0558. The highest BCUT2D eigenvalue weighted by molar-refractivity contribution is 5.77. The average Bonchev–Trinajstić information content (AvgIpc) is 3.23. The lowest BCUT2D eigenvalue weighted by molar-refractivity contribution is -1.02. The number of nitrogens with one attached hydrogen (secondary N) is 2. The molecular weight excluding hydrogens is 378 g/mol. The maximum absolute atomic E-state index is 12.9. The minimum atomic E-state index is 0.229. The summed E-state index contributed by atoms with van der Waals surface area (Å²) >= 11 is 0. The Labute approximate surface area is 179 Å². The summed E-state index contributed by atoms with van der Waals surface area (Å²) in [4.78, 5) is 17.9. The van der Waals surface area contributed by atoms with E-state index in [0.29, 0.717) is 19.6 Å². The van der Waals surface area contributed by atoms with Crippen LogP contribution in [0.3, 0.4) is 0 Å². The van der Waals surface area contributed by atoms with Gasteiger partial charge in [0, 0.05) is 18.7 Å². The van der Waals surface area contributed by atoms with Gasteiger partial charge in [-0.25, -0.2) is 0 Å². The van der Waals surface area contributed by atoms with Crippen molar-refractivity contribution < 1.29 is 24.1 Å². The van der Waals surface area contributed by atoms with E-state index in [-0.39, 0.29) is 12.7 Å². The highest BCUT2D eigenvalue weighted by atomic mass is 16.7. The molecule has 0 atom stereocenters. The standard InChI is InChI=1S/C24H31N3O3/c1-3-27(15-20-8-9-22-23(14-20)30-18-29-22)24(28)17-26-12-10-25(11-13-26)16-21-7-5-4-6-19(21)2/h4-9,14H,3,10-13,15-18H2,1-2H3/p+2. The van der Waals surface area contributed by atoms with E-state index in [1.54, 1.807) is 4.90 Å². The summed E-state index contributed by atoms with van der Waals surface area (Å²) < 4.78 is 10.8. The van der Waals surface area contributed by atoms with E-state index >= 15 is 0 Å². The molecule has 0 aromatic heterocycles. The molecule has 2 aromatic carbocycles. The third-order valence-corrected chi connectivity index (χ3v) is 6.31. The molecule has 160 valence electrons. The first-order valence-corrected chi connectivity index (χ1v) is 11.0. The van der Waals surface area contributed by atoms with Gasteiger partial charge in [0.1, 0.15) is 32.7 Å². The Balaban J connectivity index is 1.26. The number of nitrogens with zero attached hydrogens (tertiary/aromatic N) is 1. The van der Waals surface area contributed by atoms with Crippen molar-refractivity contribution in [2.45, 2.75) is 26.9 Å². The fourth-order valence-corrected chi connectivity index (χ4v) is 4.35. The van der Waals surface area contributed by atoms with Crippen LogP contribution in [0.15, 0.2) is 42.5 Å². The van der Waals surface area contributed by atoms with Crippen LogP contribution in [-0.4, -0.2) is 56.9 Å². The monoisotopic (exact) mass is 411 g/mol. The van der Waals surface area contributed by atoms with Crippen molar-refractivity contribution >= 4 is 5.91 Å². The van der Waals surface area contributed by atoms with E-state index in [1.165, 1.54) is 16.0 Å². The SMILES string of the molecule is CCN(Cc1ccc2c(c1)OCO2)C(=O)C[NH+]1CC[NH+](Cc2ccccc2C)CC1. The first kappa shape index (κ1) is 20.7. The number of carbonyl (C=O) groups is 1. The minimum Gasteiger partial charge on any atom is -0.454 e. The fraction of sp³-hybridized carbons (Fsp3) is 0.458. The van der Waals surface area contributed by atoms with Crippen LogP contribution in [0, 0.1) is 6.92 Å². The van der Waals surface area contributed by atoms with Crippen molar-refractivity contribution in [2.75, 3.05) is 46.1 Å². The number of hydrogen-bond acceptors (Lipinski definition) is 3. The number of quaternary nitrogens is 2. The number of aryl methyl sites for hydroxylation is 1. The Morgan fingerprint density at radius 2 is 1.73 bits per heavy atom. The summed E-state index contributed by atoms with van der Waals surface area (Å²) in [5.74, 6) is 1.78. The topological polar surface area (TPSA) is 47.6 Å². The molecule has 1 fully saturated rings. The average molecular weight is 412 g/mol. The number of likely N-dealkylation sites (N-methyl/N-ethyl adjacent to an activating group) is 1. The molecule has 0 bridgehead atoms. The predicted molar refractivity (Wildman–Crippen MR) is 115 cm³/mol. The lowest BCUT2D eigenvalue weighted by Crippen LogP contribution is -3.28. The molecular formula is C24H33N3O3+2. The minimum absolute atomic E-state index is 0.229. The van der Waals surface area contributed by atoms with E-state index in [1.807, 2.05) is 30.0 Å². The van der Waals surface area contributed by atoms with Crippen LogP contribution in [-0.2, 0) is 17.9 Å². The number of rotatable bonds is 7. The van der Waals surface area contributed by atoms with Crippen molar-refractivity contribution in [3.8, 4) is 11.5 Å². The van der Waals surface area contributed by atoms with Crippen LogP contribution in [0.1, 0.15) is 23.6 Å². The lowest BCUT2D eigenvalue weighted by atomic mass is 10.1. The van der Waals surface area contributed by atoms with Gasteiger partial charge in [0.15, 0.2) is 18.0 Å². The van der Waals surface area contributed by atoms with Gasteiger partial charge in [0.2, 0.25) is 6.79 Å². The second-order valence-corrected chi connectivity index (χ2v) is 8.38. The van der Waals surface area contributed by atoms with Crippen molar-refractivity contribution in [2.24, 2.45) is 0 Å². The molecule has 0 saturated carbocycles. The number of ether oxygens (including phenoxy) is 2. The van der Waals surface area contributed by atoms with Crippen LogP contribution in [0.5, 0.6) is 11.5 Å². The van der Waals surface area contributed by atoms with Crippen molar-refractivity contribution in [1.82, 2.24) is 4.90 Å². The Hall–Kier alpha value is -2.57. The van der Waals surface area contributed by atoms with Gasteiger partial charge in [-0.1, -0.05) is 30.3 Å². The molecule has 2 aliphatic heterocycles. The zero-order valence-electron chi connectivity index (χ0n) is 18.1. The Morgan fingerprint density at radius 3 is 2.50 bits per heavy atom. The van der Waals surface area contributed by atoms with Crippen molar-refractivity contribution in [3.63, 3.8) is 0 Å². The van der Waals surface area contributed by atoms with Crippen LogP contribution in [0.4, 0.5) is 0 Å². The molecule has 0 aliphatic carbocycles. The fourth-order valence-electron chi connectivity index (χ4n) is 4.35. The number of carbonyl (C=O) groups excluding carboxylic acids is 1. The maximum Gasteiger partial charge on any atom is 0.278 e. The smallest absolute Gasteiger partial charge is 0.278 e. The van der Waals surface area contributed by atoms with Gasteiger partial charge in [-0.2, -0.15) is 0 Å². The summed E-state index contributed by atoms with van der Waals surface area (Å²) in [6.45, 7) is 11.8. The highest BCUT2D eigenvalue weighted by Crippen LogP contribution is 2.32. The van der Waals surface area contributed by atoms with Gasteiger partial charge in [0.05, 0.1) is 0 Å². The van der Waals surface area contributed by atoms with Crippen LogP contribution >= 0.6 is 0 Å². The number of hydrogen-bond donors (Lipinski definition) is 2. The molecule has 30 heavy (non-hydrogen) atoms. The van der Waals surface area contributed by atoms with Gasteiger partial charge in [-0.3, -0.25) is 4.79 Å². The van der Waals surface area contributed by atoms with E-state index < -0.39 is 0 Å². The summed E-state index contributed by atoms with van der Waals surface area (Å²) in [6.07, 6.45) is 0. The summed E-state index contributed by atoms with van der Waals surface area (Å²) in [5, 5.41) is 0. The molecule has 2 N–H and O–H groups in total. The van der Waals surface area contributed by atoms with Crippen molar-refractivity contribution in [3.05, 3.63) is 59.2 Å².